The monoisotopic (exact) mass is 309 g/mol. The summed E-state index contributed by atoms with van der Waals surface area (Å²) in [5.41, 5.74) is -1.08. The molecule has 2 N–H and O–H groups in total. The van der Waals surface area contributed by atoms with Gasteiger partial charge in [0.05, 0.1) is 18.1 Å². The molecule has 6 heteroatoms. The summed E-state index contributed by atoms with van der Waals surface area (Å²) in [7, 11) is 1.32. The van der Waals surface area contributed by atoms with Gasteiger partial charge in [0, 0.05) is 6.54 Å². The van der Waals surface area contributed by atoms with Gasteiger partial charge in [-0.3, -0.25) is 9.59 Å². The molecular formula is C16H20FNO4. The van der Waals surface area contributed by atoms with E-state index in [0.717, 1.165) is 19.3 Å². The Balaban J connectivity index is 2.10. The number of nitrogens with one attached hydrogen (secondary N) is 1. The molecule has 0 bridgehead atoms. The standard InChI is InChI=1S/C16H20FNO4/c1-22-12-7-5-6-11(13(12)17)14(19)18-10-16(15(20)21)8-3-2-4-9-16/h5-7H,2-4,8-10H2,1H3,(H,18,19)(H,20,21). The van der Waals surface area contributed by atoms with E-state index in [-0.39, 0.29) is 17.9 Å². The van der Waals surface area contributed by atoms with Gasteiger partial charge in [-0.05, 0) is 25.0 Å². The number of aliphatic carboxylic acids is 1. The number of carboxylic acids is 1. The van der Waals surface area contributed by atoms with Gasteiger partial charge >= 0.3 is 5.97 Å². The predicted molar refractivity (Wildman–Crippen MR) is 78.4 cm³/mol. The van der Waals surface area contributed by atoms with Crippen LogP contribution in [0.1, 0.15) is 42.5 Å². The van der Waals surface area contributed by atoms with Gasteiger partial charge in [0.25, 0.3) is 5.91 Å². The van der Waals surface area contributed by atoms with Crippen molar-refractivity contribution in [3.05, 3.63) is 29.6 Å². The summed E-state index contributed by atoms with van der Waals surface area (Å²) in [6.07, 6.45) is 3.73. The largest absolute Gasteiger partial charge is 0.494 e. The first-order chi connectivity index (χ1) is 10.5. The van der Waals surface area contributed by atoms with Crippen LogP contribution in [0.2, 0.25) is 0 Å². The quantitative estimate of drug-likeness (QED) is 0.876. The van der Waals surface area contributed by atoms with Crippen molar-refractivity contribution in [1.82, 2.24) is 5.32 Å². The Kier molecular flexibility index (Phi) is 5.00. The van der Waals surface area contributed by atoms with E-state index in [1.165, 1.54) is 25.3 Å². The number of benzene rings is 1. The van der Waals surface area contributed by atoms with Crippen LogP contribution in [0.25, 0.3) is 0 Å². The van der Waals surface area contributed by atoms with E-state index >= 15 is 0 Å². The maximum Gasteiger partial charge on any atom is 0.311 e. The smallest absolute Gasteiger partial charge is 0.311 e. The summed E-state index contributed by atoms with van der Waals surface area (Å²) >= 11 is 0. The summed E-state index contributed by atoms with van der Waals surface area (Å²) in [6, 6.07) is 4.29. The Morgan fingerprint density at radius 2 is 2.00 bits per heavy atom. The molecule has 2 rings (SSSR count). The second kappa shape index (κ2) is 6.77. The van der Waals surface area contributed by atoms with Gasteiger partial charge in [0.1, 0.15) is 0 Å². The number of carboxylic acid groups (broad SMARTS) is 1. The molecule has 0 spiro atoms. The molecule has 0 heterocycles. The Morgan fingerprint density at radius 3 is 2.59 bits per heavy atom. The Bertz CT molecular complexity index is 567. The lowest BCUT2D eigenvalue weighted by Crippen LogP contribution is -2.44. The molecule has 22 heavy (non-hydrogen) atoms. The van der Waals surface area contributed by atoms with Crippen LogP contribution in [0.3, 0.4) is 0 Å². The third kappa shape index (κ3) is 3.21. The minimum absolute atomic E-state index is 0.0117. The van der Waals surface area contributed by atoms with E-state index in [2.05, 4.69) is 5.32 Å². The van der Waals surface area contributed by atoms with Gasteiger partial charge in [-0.15, -0.1) is 0 Å². The Morgan fingerprint density at radius 1 is 1.32 bits per heavy atom. The van der Waals surface area contributed by atoms with Gasteiger partial charge in [-0.25, -0.2) is 4.39 Å². The lowest BCUT2D eigenvalue weighted by molar-refractivity contribution is -0.150. The van der Waals surface area contributed by atoms with Crippen molar-refractivity contribution in [2.75, 3.05) is 13.7 Å². The maximum atomic E-state index is 14.0. The van der Waals surface area contributed by atoms with Gasteiger partial charge < -0.3 is 15.2 Å². The van der Waals surface area contributed by atoms with E-state index in [1.54, 1.807) is 0 Å². The van der Waals surface area contributed by atoms with Gasteiger partial charge in [0.2, 0.25) is 0 Å². The highest BCUT2D eigenvalue weighted by Crippen LogP contribution is 2.36. The zero-order valence-corrected chi connectivity index (χ0v) is 12.5. The van der Waals surface area contributed by atoms with Crippen LogP contribution in [-0.4, -0.2) is 30.6 Å². The average molecular weight is 309 g/mol. The van der Waals surface area contributed by atoms with Gasteiger partial charge in [-0.1, -0.05) is 25.3 Å². The molecule has 0 aromatic heterocycles. The number of halogens is 1. The fraction of sp³-hybridized carbons (Fsp3) is 0.500. The number of carbonyl (C=O) groups excluding carboxylic acids is 1. The Labute approximate surface area is 128 Å². The first-order valence-electron chi connectivity index (χ1n) is 7.34. The molecule has 0 unspecified atom stereocenters. The molecule has 1 aliphatic carbocycles. The lowest BCUT2D eigenvalue weighted by atomic mass is 9.74. The molecule has 0 atom stereocenters. The summed E-state index contributed by atoms with van der Waals surface area (Å²) in [5, 5.41) is 12.0. The number of ether oxygens (including phenoxy) is 1. The number of amides is 1. The molecule has 1 aliphatic rings. The first-order valence-corrected chi connectivity index (χ1v) is 7.34. The minimum atomic E-state index is -0.941. The highest BCUT2D eigenvalue weighted by molar-refractivity contribution is 5.95. The maximum absolute atomic E-state index is 14.0. The number of methoxy groups -OCH3 is 1. The molecule has 1 aromatic rings. The topological polar surface area (TPSA) is 75.6 Å². The molecule has 5 nitrogen and oxygen atoms in total. The van der Waals surface area contributed by atoms with E-state index in [0.29, 0.717) is 12.8 Å². The second-order valence-corrected chi connectivity index (χ2v) is 5.65. The van der Waals surface area contributed by atoms with Crippen LogP contribution in [0, 0.1) is 11.2 Å². The van der Waals surface area contributed by atoms with Crippen LogP contribution < -0.4 is 10.1 Å². The number of hydrogen-bond acceptors (Lipinski definition) is 3. The summed E-state index contributed by atoms with van der Waals surface area (Å²) < 4.78 is 18.9. The molecule has 120 valence electrons. The lowest BCUT2D eigenvalue weighted by Gasteiger charge is -2.33. The average Bonchev–Trinajstić information content (AvgIpc) is 2.53. The highest BCUT2D eigenvalue weighted by atomic mass is 19.1. The van der Waals surface area contributed by atoms with E-state index in [4.69, 9.17) is 4.74 Å². The van der Waals surface area contributed by atoms with Crippen LogP contribution >= 0.6 is 0 Å². The second-order valence-electron chi connectivity index (χ2n) is 5.65. The Hall–Kier alpha value is -2.11. The molecule has 0 saturated heterocycles. The highest BCUT2D eigenvalue weighted by Gasteiger charge is 2.40. The van der Waals surface area contributed by atoms with Gasteiger partial charge in [-0.2, -0.15) is 0 Å². The van der Waals surface area contributed by atoms with Crippen molar-refractivity contribution in [3.63, 3.8) is 0 Å². The van der Waals surface area contributed by atoms with Crippen LogP contribution in [0.5, 0.6) is 5.75 Å². The molecule has 1 saturated carbocycles. The van der Waals surface area contributed by atoms with Crippen LogP contribution in [0.4, 0.5) is 4.39 Å². The summed E-state index contributed by atoms with van der Waals surface area (Å²) in [6.45, 7) is 0.0117. The van der Waals surface area contributed by atoms with Crippen molar-refractivity contribution in [2.24, 2.45) is 5.41 Å². The van der Waals surface area contributed by atoms with Gasteiger partial charge in [0.15, 0.2) is 11.6 Å². The predicted octanol–water partition coefficient (Wildman–Crippen LogP) is 2.60. The zero-order chi connectivity index (χ0) is 16.2. The van der Waals surface area contributed by atoms with Crippen molar-refractivity contribution >= 4 is 11.9 Å². The summed E-state index contributed by atoms with van der Waals surface area (Å²) in [5.74, 6) is -2.28. The van der Waals surface area contributed by atoms with Crippen molar-refractivity contribution in [2.45, 2.75) is 32.1 Å². The number of rotatable bonds is 5. The minimum Gasteiger partial charge on any atom is -0.494 e. The van der Waals surface area contributed by atoms with Crippen LogP contribution in [-0.2, 0) is 4.79 Å². The SMILES string of the molecule is COc1cccc(C(=O)NCC2(C(=O)O)CCCCC2)c1F. The fourth-order valence-electron chi connectivity index (χ4n) is 2.88. The number of carbonyl (C=O) groups is 2. The fourth-order valence-corrected chi connectivity index (χ4v) is 2.88. The van der Waals surface area contributed by atoms with Crippen molar-refractivity contribution in [3.8, 4) is 5.75 Å². The van der Waals surface area contributed by atoms with Crippen LogP contribution in [0.15, 0.2) is 18.2 Å². The first kappa shape index (κ1) is 16.3. The van der Waals surface area contributed by atoms with Crippen molar-refractivity contribution in [1.29, 1.82) is 0 Å². The summed E-state index contributed by atoms with van der Waals surface area (Å²) in [4.78, 5) is 23.7. The molecule has 0 aliphatic heterocycles. The molecule has 0 radical (unpaired) electrons. The normalized spacial score (nSPS) is 16.8. The number of hydrogen-bond donors (Lipinski definition) is 2. The van der Waals surface area contributed by atoms with E-state index in [9.17, 15) is 19.1 Å². The zero-order valence-electron chi connectivity index (χ0n) is 12.5. The van der Waals surface area contributed by atoms with Crippen molar-refractivity contribution < 1.29 is 23.8 Å². The molecular weight excluding hydrogens is 289 g/mol. The third-order valence-electron chi connectivity index (χ3n) is 4.28. The molecule has 1 amide bonds. The van der Waals surface area contributed by atoms with E-state index in [1.807, 2.05) is 0 Å². The molecule has 1 fully saturated rings. The van der Waals surface area contributed by atoms with E-state index < -0.39 is 23.1 Å². The third-order valence-corrected chi connectivity index (χ3v) is 4.28. The molecule has 1 aromatic carbocycles.